The Kier molecular flexibility index (Phi) is 8.39. The van der Waals surface area contributed by atoms with Gasteiger partial charge in [-0.1, -0.05) is 23.8 Å². The summed E-state index contributed by atoms with van der Waals surface area (Å²) in [6.45, 7) is 0.659. The summed E-state index contributed by atoms with van der Waals surface area (Å²) in [5, 5.41) is 5.77. The Balaban J connectivity index is 1.71. The highest BCUT2D eigenvalue weighted by Gasteiger charge is 2.06. The second-order valence-electron chi connectivity index (χ2n) is 6.01. The maximum absolute atomic E-state index is 12.0. The van der Waals surface area contributed by atoms with Crippen LogP contribution in [0, 0.1) is 0 Å². The van der Waals surface area contributed by atoms with Crippen LogP contribution in [0.5, 0.6) is 0 Å². The second kappa shape index (κ2) is 10.8. The van der Waals surface area contributed by atoms with Gasteiger partial charge in [-0.15, -0.1) is 11.8 Å². The average Bonchev–Trinajstić information content (AvgIpc) is 2.63. The summed E-state index contributed by atoms with van der Waals surface area (Å²) in [5.41, 5.74) is 3.26. The molecule has 0 radical (unpaired) electrons. The third kappa shape index (κ3) is 7.65. The Bertz CT molecular complexity index is 616. The van der Waals surface area contributed by atoms with Crippen LogP contribution in [-0.4, -0.2) is 31.4 Å². The summed E-state index contributed by atoms with van der Waals surface area (Å²) in [6, 6.07) is 7.47. The van der Waals surface area contributed by atoms with Crippen molar-refractivity contribution in [3.05, 3.63) is 41.5 Å². The van der Waals surface area contributed by atoms with Crippen LogP contribution >= 0.6 is 11.8 Å². The molecule has 2 rings (SSSR count). The van der Waals surface area contributed by atoms with E-state index in [0.717, 1.165) is 24.1 Å². The van der Waals surface area contributed by atoms with Crippen molar-refractivity contribution in [2.45, 2.75) is 37.9 Å². The minimum absolute atomic E-state index is 0.184. The highest BCUT2D eigenvalue weighted by molar-refractivity contribution is 7.99. The molecule has 0 aromatic heterocycles. The number of esters is 1. The van der Waals surface area contributed by atoms with Crippen molar-refractivity contribution in [3.8, 4) is 0 Å². The molecule has 5 nitrogen and oxygen atoms in total. The number of allylic oxidation sites excluding steroid dienone is 1. The number of urea groups is 1. The molecule has 0 saturated heterocycles. The zero-order chi connectivity index (χ0) is 17.9. The van der Waals surface area contributed by atoms with Crippen LogP contribution in [0.4, 0.5) is 10.5 Å². The normalized spacial score (nSPS) is 13.7. The molecule has 0 spiro atoms. The van der Waals surface area contributed by atoms with Gasteiger partial charge in [-0.25, -0.2) is 4.79 Å². The standard InChI is InChI=1S/C19H26N2O3S/c1-24-18(22)14-25-13-16-8-5-9-17(12-16)21-19(23)20-11-10-15-6-3-2-4-7-15/h5-6,8-9,12H,2-4,7,10-11,13-14H2,1H3,(H2,20,21,23). The van der Waals surface area contributed by atoms with E-state index in [-0.39, 0.29) is 12.0 Å². The smallest absolute Gasteiger partial charge is 0.319 e. The van der Waals surface area contributed by atoms with Gasteiger partial charge in [0.05, 0.1) is 12.9 Å². The Morgan fingerprint density at radius 1 is 1.28 bits per heavy atom. The molecule has 0 saturated carbocycles. The molecule has 2 amide bonds. The van der Waals surface area contributed by atoms with Gasteiger partial charge in [0.1, 0.15) is 0 Å². The van der Waals surface area contributed by atoms with Crippen molar-refractivity contribution in [2.24, 2.45) is 0 Å². The maximum atomic E-state index is 12.0. The molecule has 25 heavy (non-hydrogen) atoms. The summed E-state index contributed by atoms with van der Waals surface area (Å²) >= 11 is 1.49. The van der Waals surface area contributed by atoms with E-state index in [4.69, 9.17) is 0 Å². The number of thioether (sulfide) groups is 1. The highest BCUT2D eigenvalue weighted by atomic mass is 32.2. The zero-order valence-electron chi connectivity index (χ0n) is 14.7. The number of carbonyl (C=O) groups is 2. The topological polar surface area (TPSA) is 67.4 Å². The summed E-state index contributed by atoms with van der Waals surface area (Å²) < 4.78 is 4.62. The van der Waals surface area contributed by atoms with E-state index in [9.17, 15) is 9.59 Å². The van der Waals surface area contributed by atoms with Crippen LogP contribution in [0.2, 0.25) is 0 Å². The van der Waals surface area contributed by atoms with Crippen molar-refractivity contribution in [2.75, 3.05) is 24.7 Å². The third-order valence-corrected chi connectivity index (χ3v) is 5.00. The molecule has 1 aromatic carbocycles. The molecule has 0 heterocycles. The Morgan fingerprint density at radius 2 is 2.16 bits per heavy atom. The van der Waals surface area contributed by atoms with Crippen molar-refractivity contribution in [1.29, 1.82) is 0 Å². The van der Waals surface area contributed by atoms with Gasteiger partial charge in [0, 0.05) is 18.0 Å². The lowest BCUT2D eigenvalue weighted by molar-refractivity contribution is -0.137. The number of amides is 2. The molecule has 1 aliphatic rings. The highest BCUT2D eigenvalue weighted by Crippen LogP contribution is 2.19. The van der Waals surface area contributed by atoms with Gasteiger partial charge in [0.15, 0.2) is 0 Å². The molecule has 0 atom stereocenters. The van der Waals surface area contributed by atoms with Crippen molar-refractivity contribution in [1.82, 2.24) is 5.32 Å². The van der Waals surface area contributed by atoms with E-state index >= 15 is 0 Å². The van der Waals surface area contributed by atoms with E-state index in [2.05, 4.69) is 21.4 Å². The van der Waals surface area contributed by atoms with E-state index in [1.54, 1.807) is 0 Å². The molecule has 1 aromatic rings. The minimum atomic E-state index is -0.230. The van der Waals surface area contributed by atoms with E-state index in [1.165, 1.54) is 43.7 Å². The number of nitrogens with one attached hydrogen (secondary N) is 2. The van der Waals surface area contributed by atoms with Crippen LogP contribution in [0.1, 0.15) is 37.7 Å². The molecule has 2 N–H and O–H groups in total. The fraction of sp³-hybridized carbons (Fsp3) is 0.474. The Labute approximate surface area is 153 Å². The lowest BCUT2D eigenvalue weighted by Gasteiger charge is -2.13. The SMILES string of the molecule is COC(=O)CSCc1cccc(NC(=O)NCCC2=CCCCC2)c1. The number of hydrogen-bond acceptors (Lipinski definition) is 4. The number of hydrogen-bond donors (Lipinski definition) is 2. The predicted molar refractivity (Wildman–Crippen MR) is 103 cm³/mol. The quantitative estimate of drug-likeness (QED) is 0.539. The molecule has 0 unspecified atom stereocenters. The molecule has 0 fully saturated rings. The van der Waals surface area contributed by atoms with Gasteiger partial charge in [0.25, 0.3) is 0 Å². The maximum Gasteiger partial charge on any atom is 0.319 e. The molecule has 0 aliphatic heterocycles. The first-order valence-corrected chi connectivity index (χ1v) is 9.79. The first kappa shape index (κ1) is 19.4. The molecule has 6 heteroatoms. The number of anilines is 1. The average molecular weight is 362 g/mol. The predicted octanol–water partition coefficient (Wildman–Crippen LogP) is 4.10. The Hall–Kier alpha value is -1.95. The van der Waals surface area contributed by atoms with Gasteiger partial charge < -0.3 is 15.4 Å². The summed E-state index contributed by atoms with van der Waals surface area (Å²) in [4.78, 5) is 23.1. The van der Waals surface area contributed by atoms with Crippen LogP contribution in [0.15, 0.2) is 35.9 Å². The number of carbonyl (C=O) groups excluding carboxylic acids is 2. The molecule has 1 aliphatic carbocycles. The fourth-order valence-electron chi connectivity index (χ4n) is 2.69. The number of benzene rings is 1. The van der Waals surface area contributed by atoms with Crippen LogP contribution in [-0.2, 0) is 15.3 Å². The lowest BCUT2D eigenvalue weighted by atomic mass is 9.97. The summed E-state index contributed by atoms with van der Waals surface area (Å²) in [6.07, 6.45) is 8.11. The summed E-state index contributed by atoms with van der Waals surface area (Å²) in [5.74, 6) is 0.789. The second-order valence-corrected chi connectivity index (χ2v) is 6.99. The monoisotopic (exact) mass is 362 g/mol. The van der Waals surface area contributed by atoms with Crippen molar-refractivity contribution >= 4 is 29.4 Å². The van der Waals surface area contributed by atoms with Gasteiger partial charge in [-0.3, -0.25) is 4.79 Å². The summed E-state index contributed by atoms with van der Waals surface area (Å²) in [7, 11) is 1.39. The number of rotatable bonds is 8. The van der Waals surface area contributed by atoms with Crippen LogP contribution in [0.25, 0.3) is 0 Å². The van der Waals surface area contributed by atoms with Crippen LogP contribution < -0.4 is 10.6 Å². The first-order valence-electron chi connectivity index (χ1n) is 8.63. The Morgan fingerprint density at radius 3 is 2.92 bits per heavy atom. The number of ether oxygens (including phenoxy) is 1. The van der Waals surface area contributed by atoms with Crippen LogP contribution in [0.3, 0.4) is 0 Å². The van der Waals surface area contributed by atoms with Crippen molar-refractivity contribution in [3.63, 3.8) is 0 Å². The van der Waals surface area contributed by atoms with E-state index in [1.807, 2.05) is 24.3 Å². The third-order valence-electron chi connectivity index (χ3n) is 4.02. The molecule has 0 bridgehead atoms. The van der Waals surface area contributed by atoms with Gasteiger partial charge >= 0.3 is 12.0 Å². The first-order chi connectivity index (χ1) is 12.2. The molecular weight excluding hydrogens is 336 g/mol. The van der Waals surface area contributed by atoms with Gasteiger partial charge in [-0.2, -0.15) is 0 Å². The van der Waals surface area contributed by atoms with E-state index in [0.29, 0.717) is 18.1 Å². The molecule has 136 valence electrons. The molecular formula is C19H26N2O3S. The number of methoxy groups -OCH3 is 1. The van der Waals surface area contributed by atoms with Gasteiger partial charge in [0.2, 0.25) is 0 Å². The fourth-order valence-corrected chi connectivity index (χ4v) is 3.50. The van der Waals surface area contributed by atoms with Gasteiger partial charge in [-0.05, 0) is 49.8 Å². The largest absolute Gasteiger partial charge is 0.468 e. The van der Waals surface area contributed by atoms with Crippen molar-refractivity contribution < 1.29 is 14.3 Å². The minimum Gasteiger partial charge on any atom is -0.468 e. The zero-order valence-corrected chi connectivity index (χ0v) is 15.5. The lowest BCUT2D eigenvalue weighted by Crippen LogP contribution is -2.29. The van der Waals surface area contributed by atoms with E-state index < -0.39 is 0 Å².